The van der Waals surface area contributed by atoms with Crippen molar-refractivity contribution in [2.75, 3.05) is 5.32 Å². The fraction of sp³-hybridized carbons (Fsp3) is 0.176. The van der Waals surface area contributed by atoms with E-state index in [0.717, 1.165) is 16.8 Å². The van der Waals surface area contributed by atoms with E-state index in [1.54, 1.807) is 0 Å². The molecule has 0 spiro atoms. The van der Waals surface area contributed by atoms with Crippen LogP contribution >= 0.6 is 0 Å². The van der Waals surface area contributed by atoms with E-state index in [1.807, 2.05) is 61.5 Å². The summed E-state index contributed by atoms with van der Waals surface area (Å²) >= 11 is 0. The molecule has 3 rings (SSSR count). The van der Waals surface area contributed by atoms with Crippen molar-refractivity contribution in [2.24, 2.45) is 0 Å². The minimum Gasteiger partial charge on any atom is -0.392 e. The first-order valence-electron chi connectivity index (χ1n) is 7.11. The van der Waals surface area contributed by atoms with Crippen molar-refractivity contribution < 1.29 is 9.63 Å². The van der Waals surface area contributed by atoms with Crippen LogP contribution in [0.4, 0.5) is 5.69 Å². The van der Waals surface area contributed by atoms with Crippen LogP contribution < -0.4 is 5.32 Å². The fourth-order valence-electron chi connectivity index (χ4n) is 2.19. The Morgan fingerprint density at radius 2 is 1.95 bits per heavy atom. The third-order valence-electron chi connectivity index (χ3n) is 3.34. The van der Waals surface area contributed by atoms with Gasteiger partial charge in [0.05, 0.1) is 6.61 Å². The lowest BCUT2D eigenvalue weighted by molar-refractivity contribution is 0.282. The van der Waals surface area contributed by atoms with E-state index in [4.69, 9.17) is 4.52 Å². The Balaban J connectivity index is 1.75. The molecule has 22 heavy (non-hydrogen) atoms. The number of aliphatic hydroxyl groups is 1. The number of hydrogen-bond acceptors (Lipinski definition) is 5. The van der Waals surface area contributed by atoms with Gasteiger partial charge >= 0.3 is 0 Å². The largest absolute Gasteiger partial charge is 0.392 e. The molecule has 112 valence electrons. The summed E-state index contributed by atoms with van der Waals surface area (Å²) < 4.78 is 5.34. The van der Waals surface area contributed by atoms with Gasteiger partial charge in [-0.05, 0) is 24.6 Å². The van der Waals surface area contributed by atoms with E-state index in [2.05, 4.69) is 15.5 Å². The van der Waals surface area contributed by atoms with Gasteiger partial charge in [0, 0.05) is 11.3 Å². The lowest BCUT2D eigenvalue weighted by atomic mass is 10.2. The summed E-state index contributed by atoms with van der Waals surface area (Å²) in [5.41, 5.74) is 2.68. The van der Waals surface area contributed by atoms with Gasteiger partial charge in [-0.3, -0.25) is 0 Å². The van der Waals surface area contributed by atoms with Gasteiger partial charge < -0.3 is 14.9 Å². The van der Waals surface area contributed by atoms with Crippen LogP contribution in [0, 0.1) is 0 Å². The third kappa shape index (κ3) is 3.15. The van der Waals surface area contributed by atoms with E-state index in [-0.39, 0.29) is 12.6 Å². The Morgan fingerprint density at radius 1 is 1.14 bits per heavy atom. The molecule has 2 aromatic carbocycles. The summed E-state index contributed by atoms with van der Waals surface area (Å²) in [7, 11) is 0. The zero-order valence-corrected chi connectivity index (χ0v) is 12.2. The summed E-state index contributed by atoms with van der Waals surface area (Å²) in [6.45, 7) is 1.97. The van der Waals surface area contributed by atoms with Crippen LogP contribution in [0.2, 0.25) is 0 Å². The molecule has 1 heterocycles. The highest BCUT2D eigenvalue weighted by Crippen LogP contribution is 2.22. The molecule has 0 radical (unpaired) electrons. The van der Waals surface area contributed by atoms with E-state index < -0.39 is 0 Å². The monoisotopic (exact) mass is 295 g/mol. The number of aliphatic hydroxyl groups excluding tert-OH is 1. The Hall–Kier alpha value is -2.66. The molecule has 1 unspecified atom stereocenters. The maximum Gasteiger partial charge on any atom is 0.249 e. The molecular weight excluding hydrogens is 278 g/mol. The number of nitrogens with zero attached hydrogens (tertiary/aromatic N) is 2. The van der Waals surface area contributed by atoms with Crippen molar-refractivity contribution in [3.8, 4) is 11.4 Å². The summed E-state index contributed by atoms with van der Waals surface area (Å²) in [4.78, 5) is 4.43. The molecule has 1 atom stereocenters. The van der Waals surface area contributed by atoms with Gasteiger partial charge in [0.25, 0.3) is 0 Å². The highest BCUT2D eigenvalue weighted by atomic mass is 16.5. The number of hydrogen-bond donors (Lipinski definition) is 2. The van der Waals surface area contributed by atoms with Gasteiger partial charge in [0.2, 0.25) is 11.7 Å². The van der Waals surface area contributed by atoms with Gasteiger partial charge in [-0.2, -0.15) is 4.98 Å². The third-order valence-corrected chi connectivity index (χ3v) is 3.34. The van der Waals surface area contributed by atoms with E-state index in [0.29, 0.717) is 11.7 Å². The Bertz CT molecular complexity index is 740. The highest BCUT2D eigenvalue weighted by molar-refractivity contribution is 5.54. The lowest BCUT2D eigenvalue weighted by Gasteiger charge is -2.11. The van der Waals surface area contributed by atoms with Crippen LogP contribution in [0.15, 0.2) is 59.1 Å². The van der Waals surface area contributed by atoms with Crippen LogP contribution in [-0.4, -0.2) is 15.2 Å². The van der Waals surface area contributed by atoms with E-state index in [9.17, 15) is 5.11 Å². The fourth-order valence-corrected chi connectivity index (χ4v) is 2.19. The first-order chi connectivity index (χ1) is 10.8. The van der Waals surface area contributed by atoms with E-state index >= 15 is 0 Å². The molecule has 0 saturated heterocycles. The SMILES string of the molecule is CC(Nc1cccc(CO)c1)c1nc(-c2ccccc2)no1. The number of aromatic nitrogens is 2. The Kier molecular flexibility index (Phi) is 4.16. The Morgan fingerprint density at radius 3 is 2.73 bits per heavy atom. The molecule has 0 fully saturated rings. The van der Waals surface area contributed by atoms with Gasteiger partial charge in [-0.1, -0.05) is 47.6 Å². The van der Waals surface area contributed by atoms with Crippen LogP contribution in [0.3, 0.4) is 0 Å². The number of nitrogens with one attached hydrogen (secondary N) is 1. The number of benzene rings is 2. The van der Waals surface area contributed by atoms with Gasteiger partial charge in [0.15, 0.2) is 0 Å². The summed E-state index contributed by atoms with van der Waals surface area (Å²) in [5.74, 6) is 1.10. The Labute approximate surface area is 128 Å². The molecule has 2 N–H and O–H groups in total. The van der Waals surface area contributed by atoms with Crippen LogP contribution in [0.25, 0.3) is 11.4 Å². The first-order valence-corrected chi connectivity index (χ1v) is 7.11. The number of rotatable bonds is 5. The van der Waals surface area contributed by atoms with Crippen LogP contribution in [0.5, 0.6) is 0 Å². The molecule has 0 aliphatic carbocycles. The highest BCUT2D eigenvalue weighted by Gasteiger charge is 2.15. The molecule has 5 heteroatoms. The molecule has 0 amide bonds. The summed E-state index contributed by atoms with van der Waals surface area (Å²) in [6, 6.07) is 17.2. The van der Waals surface area contributed by atoms with E-state index in [1.165, 1.54) is 0 Å². The zero-order valence-electron chi connectivity index (χ0n) is 12.2. The molecule has 0 aliphatic heterocycles. The van der Waals surface area contributed by atoms with Crippen molar-refractivity contribution in [1.82, 2.24) is 10.1 Å². The average Bonchev–Trinajstić information content (AvgIpc) is 3.06. The first kappa shape index (κ1) is 14.3. The molecule has 0 saturated carbocycles. The van der Waals surface area contributed by atoms with Gasteiger partial charge in [0.1, 0.15) is 6.04 Å². The molecule has 0 bridgehead atoms. The van der Waals surface area contributed by atoms with Crippen LogP contribution in [-0.2, 0) is 6.61 Å². The quantitative estimate of drug-likeness (QED) is 0.755. The maximum absolute atomic E-state index is 9.17. The van der Waals surface area contributed by atoms with Crippen LogP contribution in [0.1, 0.15) is 24.4 Å². The molecule has 3 aromatic rings. The number of anilines is 1. The second-order valence-electron chi connectivity index (χ2n) is 5.05. The minimum atomic E-state index is -0.126. The normalized spacial score (nSPS) is 12.1. The summed E-state index contributed by atoms with van der Waals surface area (Å²) in [6.07, 6.45) is 0. The topological polar surface area (TPSA) is 71.2 Å². The predicted molar refractivity (Wildman–Crippen MR) is 84.1 cm³/mol. The van der Waals surface area contributed by atoms with Crippen molar-refractivity contribution in [3.63, 3.8) is 0 Å². The van der Waals surface area contributed by atoms with Crippen molar-refractivity contribution in [3.05, 3.63) is 66.1 Å². The lowest BCUT2D eigenvalue weighted by Crippen LogP contribution is -2.07. The minimum absolute atomic E-state index is 0.0165. The predicted octanol–water partition coefficient (Wildman–Crippen LogP) is 3.40. The second kappa shape index (κ2) is 6.41. The zero-order chi connectivity index (χ0) is 15.4. The van der Waals surface area contributed by atoms with Crippen molar-refractivity contribution >= 4 is 5.69 Å². The summed E-state index contributed by atoms with van der Waals surface area (Å²) in [5, 5.41) is 16.5. The van der Waals surface area contributed by atoms with Gasteiger partial charge in [-0.25, -0.2) is 0 Å². The molecule has 5 nitrogen and oxygen atoms in total. The average molecular weight is 295 g/mol. The smallest absolute Gasteiger partial charge is 0.249 e. The second-order valence-corrected chi connectivity index (χ2v) is 5.05. The van der Waals surface area contributed by atoms with Crippen molar-refractivity contribution in [1.29, 1.82) is 0 Å². The standard InChI is InChI=1S/C17H17N3O2/c1-12(18-15-9-5-6-13(10-15)11-21)17-19-16(20-22-17)14-7-3-2-4-8-14/h2-10,12,18,21H,11H2,1H3. The van der Waals surface area contributed by atoms with Gasteiger partial charge in [-0.15, -0.1) is 0 Å². The maximum atomic E-state index is 9.17. The van der Waals surface area contributed by atoms with Crippen molar-refractivity contribution in [2.45, 2.75) is 19.6 Å². The molecular formula is C17H17N3O2. The molecule has 1 aromatic heterocycles. The molecule has 0 aliphatic rings.